The number of hydrogen-bond acceptors (Lipinski definition) is 10. The van der Waals surface area contributed by atoms with Crippen LogP contribution in [0.25, 0.3) is 16.6 Å². The van der Waals surface area contributed by atoms with Crippen molar-refractivity contribution in [2.75, 3.05) is 21.3 Å². The van der Waals surface area contributed by atoms with Crippen molar-refractivity contribution in [2.45, 2.75) is 44.0 Å². The fourth-order valence-electron chi connectivity index (χ4n) is 5.57. The average Bonchev–Trinajstić information content (AvgIpc) is 3.73. The molecule has 212 valence electrons. The van der Waals surface area contributed by atoms with Gasteiger partial charge >= 0.3 is 5.97 Å². The van der Waals surface area contributed by atoms with Crippen LogP contribution in [-0.4, -0.2) is 47.3 Å². The lowest BCUT2D eigenvalue weighted by Gasteiger charge is -2.26. The van der Waals surface area contributed by atoms with E-state index in [1.54, 1.807) is 56.7 Å². The number of carbonyl (C=O) groups excluding carboxylic acids is 1. The number of ether oxygens (including phenoxy) is 5. The summed E-state index contributed by atoms with van der Waals surface area (Å²) >= 11 is 1.09. The summed E-state index contributed by atoms with van der Waals surface area (Å²) in [5.74, 6) is -0.602. The zero-order valence-electron chi connectivity index (χ0n) is 23.0. The van der Waals surface area contributed by atoms with E-state index in [0.29, 0.717) is 45.2 Å². The molecular formula is C31H30N2O7S. The van der Waals surface area contributed by atoms with Gasteiger partial charge in [-0.2, -0.15) is 8.75 Å². The maximum atomic E-state index is 13.5. The molecule has 1 saturated carbocycles. The molecular weight excluding hydrogens is 544 g/mol. The SMILES string of the molecule is COc1cccc(C2(O)OC(=O)C(c3ccc4nsnc4c3)=C2Cc2cc(OC)c(OC3CCCC3)c(OC)c2)c1. The summed E-state index contributed by atoms with van der Waals surface area (Å²) in [5, 5.41) is 12.1. The molecule has 0 saturated heterocycles. The van der Waals surface area contributed by atoms with Gasteiger partial charge in [-0.15, -0.1) is 0 Å². The molecule has 0 bridgehead atoms. The van der Waals surface area contributed by atoms with Gasteiger partial charge in [0.2, 0.25) is 5.75 Å². The van der Waals surface area contributed by atoms with Crippen LogP contribution in [0.3, 0.4) is 0 Å². The van der Waals surface area contributed by atoms with Crippen molar-refractivity contribution < 1.29 is 33.6 Å². The molecule has 0 spiro atoms. The zero-order chi connectivity index (χ0) is 28.6. The molecule has 0 amide bonds. The summed E-state index contributed by atoms with van der Waals surface area (Å²) in [6, 6.07) is 15.9. The Kier molecular flexibility index (Phi) is 7.27. The topological polar surface area (TPSA) is 109 Å². The van der Waals surface area contributed by atoms with E-state index < -0.39 is 11.8 Å². The van der Waals surface area contributed by atoms with E-state index in [9.17, 15) is 9.90 Å². The minimum atomic E-state index is -2.05. The minimum absolute atomic E-state index is 0.104. The normalized spacial score (nSPS) is 19.1. The Hall–Kier alpha value is -4.15. The molecule has 41 heavy (non-hydrogen) atoms. The first-order valence-corrected chi connectivity index (χ1v) is 14.1. The van der Waals surface area contributed by atoms with Crippen molar-refractivity contribution in [2.24, 2.45) is 0 Å². The number of fused-ring (bicyclic) bond motifs is 1. The van der Waals surface area contributed by atoms with Gasteiger partial charge in [-0.25, -0.2) is 4.79 Å². The minimum Gasteiger partial charge on any atom is -0.497 e. The Morgan fingerprint density at radius 2 is 1.68 bits per heavy atom. The van der Waals surface area contributed by atoms with E-state index in [0.717, 1.165) is 48.5 Å². The first-order chi connectivity index (χ1) is 19.9. The molecule has 1 aromatic heterocycles. The van der Waals surface area contributed by atoms with Crippen molar-refractivity contribution in [3.05, 3.63) is 76.9 Å². The summed E-state index contributed by atoms with van der Waals surface area (Å²) in [6.45, 7) is 0. The van der Waals surface area contributed by atoms with Gasteiger partial charge in [0.15, 0.2) is 11.5 Å². The lowest BCUT2D eigenvalue weighted by Crippen LogP contribution is -2.29. The Morgan fingerprint density at radius 1 is 0.951 bits per heavy atom. The van der Waals surface area contributed by atoms with E-state index in [1.807, 2.05) is 12.1 Å². The van der Waals surface area contributed by atoms with E-state index in [1.165, 1.54) is 7.11 Å². The Labute approximate surface area is 241 Å². The monoisotopic (exact) mass is 574 g/mol. The number of aliphatic hydroxyl groups is 1. The molecule has 4 aromatic rings. The van der Waals surface area contributed by atoms with E-state index in [2.05, 4.69) is 8.75 Å². The van der Waals surface area contributed by atoms with Crippen LogP contribution in [0.1, 0.15) is 42.4 Å². The fraction of sp³-hybridized carbons (Fsp3) is 0.323. The highest BCUT2D eigenvalue weighted by Crippen LogP contribution is 2.47. The Balaban J connectivity index is 1.49. The lowest BCUT2D eigenvalue weighted by molar-refractivity contribution is -0.185. The van der Waals surface area contributed by atoms with Crippen LogP contribution < -0.4 is 18.9 Å². The van der Waals surface area contributed by atoms with E-state index >= 15 is 0 Å². The van der Waals surface area contributed by atoms with Gasteiger partial charge < -0.3 is 28.8 Å². The highest BCUT2D eigenvalue weighted by atomic mass is 32.1. The van der Waals surface area contributed by atoms with Crippen LogP contribution in [0, 0.1) is 0 Å². The van der Waals surface area contributed by atoms with Crippen LogP contribution >= 0.6 is 11.7 Å². The predicted octanol–water partition coefficient (Wildman–Crippen LogP) is 5.44. The number of aromatic nitrogens is 2. The Morgan fingerprint density at radius 3 is 2.39 bits per heavy atom. The van der Waals surface area contributed by atoms with Crippen molar-refractivity contribution in [3.8, 4) is 23.0 Å². The van der Waals surface area contributed by atoms with Crippen molar-refractivity contribution in [1.29, 1.82) is 0 Å². The molecule has 1 N–H and O–H groups in total. The third-order valence-electron chi connectivity index (χ3n) is 7.65. The van der Waals surface area contributed by atoms with Crippen LogP contribution in [0.5, 0.6) is 23.0 Å². The number of cyclic esters (lactones) is 1. The molecule has 6 rings (SSSR count). The zero-order valence-corrected chi connectivity index (χ0v) is 23.8. The highest BCUT2D eigenvalue weighted by Gasteiger charge is 2.48. The fourth-order valence-corrected chi connectivity index (χ4v) is 6.09. The molecule has 2 aliphatic rings. The summed E-state index contributed by atoms with van der Waals surface area (Å²) in [7, 11) is 4.70. The first-order valence-electron chi connectivity index (χ1n) is 13.4. The summed E-state index contributed by atoms with van der Waals surface area (Å²) in [5.41, 5.74) is 3.68. The largest absolute Gasteiger partial charge is 0.497 e. The standard InChI is InChI=1S/C31H30N2O7S/c1-36-22-10-6-7-20(17-22)31(35)23(28(30(34)40-31)19-11-12-24-25(16-19)33-41-32-24)13-18-14-26(37-2)29(27(15-18)38-3)39-21-8-4-5-9-21/h6-7,10-12,14-17,21,35H,4-5,8-9,13H2,1-3H3. The first kappa shape index (κ1) is 27.0. The third kappa shape index (κ3) is 4.98. The number of carbonyl (C=O) groups is 1. The molecule has 2 heterocycles. The third-order valence-corrected chi connectivity index (χ3v) is 8.20. The van der Waals surface area contributed by atoms with Gasteiger partial charge in [0.05, 0.1) is 44.7 Å². The molecule has 3 aromatic carbocycles. The molecule has 1 fully saturated rings. The summed E-state index contributed by atoms with van der Waals surface area (Å²) < 4.78 is 37.5. The smallest absolute Gasteiger partial charge is 0.342 e. The maximum Gasteiger partial charge on any atom is 0.342 e. The van der Waals surface area contributed by atoms with Gasteiger partial charge in [0, 0.05) is 17.6 Å². The summed E-state index contributed by atoms with van der Waals surface area (Å²) in [4.78, 5) is 13.5. The van der Waals surface area contributed by atoms with Gasteiger partial charge in [-0.1, -0.05) is 18.2 Å². The number of methoxy groups -OCH3 is 3. The van der Waals surface area contributed by atoms with Crippen molar-refractivity contribution >= 4 is 34.3 Å². The second kappa shape index (κ2) is 11.0. The number of rotatable bonds is 9. The van der Waals surface area contributed by atoms with E-state index in [4.69, 9.17) is 23.7 Å². The maximum absolute atomic E-state index is 13.5. The summed E-state index contributed by atoms with van der Waals surface area (Å²) in [6.07, 6.45) is 4.48. The van der Waals surface area contributed by atoms with Crippen LogP contribution in [-0.2, 0) is 21.7 Å². The molecule has 1 atom stereocenters. The van der Waals surface area contributed by atoms with E-state index in [-0.39, 0.29) is 18.1 Å². The van der Waals surface area contributed by atoms with Gasteiger partial charge in [0.25, 0.3) is 5.79 Å². The average molecular weight is 575 g/mol. The molecule has 9 nitrogen and oxygen atoms in total. The van der Waals surface area contributed by atoms with Gasteiger partial charge in [0.1, 0.15) is 16.8 Å². The molecule has 0 radical (unpaired) electrons. The number of nitrogens with zero attached hydrogens (tertiary/aromatic N) is 2. The van der Waals surface area contributed by atoms with Crippen LogP contribution in [0.15, 0.2) is 60.2 Å². The Bertz CT molecular complexity index is 1620. The molecule has 1 aliphatic heterocycles. The van der Waals surface area contributed by atoms with Crippen molar-refractivity contribution in [3.63, 3.8) is 0 Å². The molecule has 1 aliphatic carbocycles. The second-order valence-electron chi connectivity index (χ2n) is 10.1. The number of hydrogen-bond donors (Lipinski definition) is 1. The quantitative estimate of drug-likeness (QED) is 0.262. The lowest BCUT2D eigenvalue weighted by atomic mass is 9.87. The molecule has 10 heteroatoms. The van der Waals surface area contributed by atoms with Gasteiger partial charge in [-0.3, -0.25) is 0 Å². The number of benzene rings is 3. The number of esters is 1. The van der Waals surface area contributed by atoms with Gasteiger partial charge in [-0.05, 0) is 73.2 Å². The van der Waals surface area contributed by atoms with Crippen LogP contribution in [0.4, 0.5) is 0 Å². The van der Waals surface area contributed by atoms with Crippen LogP contribution in [0.2, 0.25) is 0 Å². The predicted molar refractivity (Wildman–Crippen MR) is 153 cm³/mol. The van der Waals surface area contributed by atoms with Crippen molar-refractivity contribution in [1.82, 2.24) is 8.75 Å². The molecule has 1 unspecified atom stereocenters. The highest BCUT2D eigenvalue weighted by molar-refractivity contribution is 7.00. The second-order valence-corrected chi connectivity index (χ2v) is 10.6.